The fourth-order valence-corrected chi connectivity index (χ4v) is 4.54. The minimum absolute atomic E-state index is 0.0730. The summed E-state index contributed by atoms with van der Waals surface area (Å²) in [5.74, 6) is -3.76. The summed E-state index contributed by atoms with van der Waals surface area (Å²) in [5.41, 5.74) is 6.84. The Balaban J connectivity index is 2.10. The highest BCUT2D eigenvalue weighted by molar-refractivity contribution is 6.32. The fourth-order valence-electron chi connectivity index (χ4n) is 4.37. The number of hydrogen-bond donors (Lipinski definition) is 2. The third kappa shape index (κ3) is 5.82. The molecule has 2 aromatic carbocycles. The predicted octanol–water partition coefficient (Wildman–Crippen LogP) is 4.08. The van der Waals surface area contributed by atoms with E-state index in [-0.39, 0.29) is 23.6 Å². The van der Waals surface area contributed by atoms with Crippen LogP contribution in [0.15, 0.2) is 60.1 Å². The summed E-state index contributed by atoms with van der Waals surface area (Å²) in [5, 5.41) is 3.07. The van der Waals surface area contributed by atoms with Crippen molar-refractivity contribution in [1.29, 1.82) is 0 Å². The van der Waals surface area contributed by atoms with Gasteiger partial charge < -0.3 is 16.0 Å². The zero-order valence-electron chi connectivity index (χ0n) is 20.5. The second-order valence-electron chi connectivity index (χ2n) is 9.20. The van der Waals surface area contributed by atoms with E-state index < -0.39 is 41.5 Å². The predicted molar refractivity (Wildman–Crippen MR) is 139 cm³/mol. The van der Waals surface area contributed by atoms with Gasteiger partial charge in [0, 0.05) is 23.2 Å². The van der Waals surface area contributed by atoms with Crippen molar-refractivity contribution >= 4 is 40.7 Å². The Kier molecular flexibility index (Phi) is 8.63. The Morgan fingerprint density at radius 2 is 1.92 bits per heavy atom. The normalized spacial score (nSPS) is 17.1. The monoisotopic (exact) mass is 512 g/mol. The first kappa shape index (κ1) is 27.1. The van der Waals surface area contributed by atoms with Crippen LogP contribution in [0.3, 0.4) is 0 Å². The topological polar surface area (TPSA) is 105 Å². The molecule has 0 radical (unpaired) electrons. The maximum Gasteiger partial charge on any atom is 0.272 e. The molecule has 3 rings (SSSR count). The number of carbonyl (C=O) groups is 3. The van der Waals surface area contributed by atoms with Crippen molar-refractivity contribution in [2.45, 2.75) is 32.9 Å². The summed E-state index contributed by atoms with van der Waals surface area (Å²) in [6.07, 6.45) is 0.751. The fraction of sp³-hybridized carbons (Fsp3) is 0.333. The summed E-state index contributed by atoms with van der Waals surface area (Å²) >= 11 is 6.24. The molecule has 1 aliphatic rings. The molecule has 7 nitrogen and oxygen atoms in total. The molecule has 9 heteroatoms. The first-order valence-corrected chi connectivity index (χ1v) is 12.0. The standard InChI is InChI=1S/C27H30ClFN4O3/c1-5-8-17(24(30)34)19(13-15(2)3)26(35)32-25-27(36)33(4)22-12-11-16(28)14-20(22)23(31-25)18-9-6-7-10-21(18)29/h5-7,9-12,14-15,17,19,25H,1,8,13H2,2-4H3,(H2,30,34)(H,32,35)/t17-,19+,25+/m0/s1. The molecule has 1 aliphatic heterocycles. The molecule has 0 saturated carbocycles. The molecule has 2 aromatic rings. The van der Waals surface area contributed by atoms with Gasteiger partial charge in [0.25, 0.3) is 5.91 Å². The molecule has 0 spiro atoms. The van der Waals surface area contributed by atoms with Gasteiger partial charge in [0.05, 0.1) is 23.2 Å². The highest BCUT2D eigenvalue weighted by Crippen LogP contribution is 2.31. The third-order valence-electron chi connectivity index (χ3n) is 6.14. The molecule has 0 saturated heterocycles. The van der Waals surface area contributed by atoms with Gasteiger partial charge in [0.2, 0.25) is 18.0 Å². The number of benzodiazepines with no additional fused rings is 1. The average molecular weight is 513 g/mol. The van der Waals surface area contributed by atoms with E-state index in [9.17, 15) is 18.8 Å². The van der Waals surface area contributed by atoms with Gasteiger partial charge in [-0.15, -0.1) is 6.58 Å². The number of benzene rings is 2. The first-order valence-electron chi connectivity index (χ1n) is 11.7. The zero-order chi connectivity index (χ0) is 26.6. The van der Waals surface area contributed by atoms with E-state index in [0.717, 1.165) is 0 Å². The lowest BCUT2D eigenvalue weighted by Crippen LogP contribution is -2.50. The van der Waals surface area contributed by atoms with E-state index in [0.29, 0.717) is 22.7 Å². The largest absolute Gasteiger partial charge is 0.369 e. The van der Waals surface area contributed by atoms with E-state index in [1.807, 2.05) is 13.8 Å². The van der Waals surface area contributed by atoms with Gasteiger partial charge in [-0.05, 0) is 49.1 Å². The molecule has 190 valence electrons. The summed E-state index contributed by atoms with van der Waals surface area (Å²) in [6.45, 7) is 7.51. The van der Waals surface area contributed by atoms with Crippen LogP contribution in [0.5, 0.6) is 0 Å². The molecule has 0 unspecified atom stereocenters. The summed E-state index contributed by atoms with van der Waals surface area (Å²) in [6, 6.07) is 10.9. The molecule has 3 atom stereocenters. The first-order chi connectivity index (χ1) is 17.0. The van der Waals surface area contributed by atoms with E-state index in [1.54, 1.807) is 43.4 Å². The van der Waals surface area contributed by atoms with Gasteiger partial charge in [0.1, 0.15) is 5.82 Å². The average Bonchev–Trinajstić information content (AvgIpc) is 2.91. The summed E-state index contributed by atoms with van der Waals surface area (Å²) in [4.78, 5) is 45.0. The van der Waals surface area contributed by atoms with Crippen LogP contribution in [-0.4, -0.2) is 36.6 Å². The number of primary amides is 1. The van der Waals surface area contributed by atoms with Crippen LogP contribution in [0.1, 0.15) is 37.8 Å². The van der Waals surface area contributed by atoms with Crippen molar-refractivity contribution in [1.82, 2.24) is 5.32 Å². The number of halogens is 2. The van der Waals surface area contributed by atoms with Crippen molar-refractivity contribution < 1.29 is 18.8 Å². The number of anilines is 1. The minimum Gasteiger partial charge on any atom is -0.369 e. The smallest absolute Gasteiger partial charge is 0.272 e. The zero-order valence-corrected chi connectivity index (χ0v) is 21.3. The Hall–Kier alpha value is -3.52. The van der Waals surface area contributed by atoms with E-state index in [2.05, 4.69) is 16.9 Å². The van der Waals surface area contributed by atoms with Gasteiger partial charge in [-0.3, -0.25) is 14.4 Å². The molecular weight excluding hydrogens is 483 g/mol. The Bertz CT molecular complexity index is 1210. The number of likely N-dealkylation sites (N-methyl/N-ethyl adjacent to an activating group) is 1. The van der Waals surface area contributed by atoms with Gasteiger partial charge in [0.15, 0.2) is 0 Å². The summed E-state index contributed by atoms with van der Waals surface area (Å²) in [7, 11) is 1.55. The van der Waals surface area contributed by atoms with Crippen molar-refractivity contribution in [3.63, 3.8) is 0 Å². The number of nitrogens with zero attached hydrogens (tertiary/aromatic N) is 2. The molecule has 0 bridgehead atoms. The number of aliphatic imine (C=N–C) groups is 1. The maximum absolute atomic E-state index is 14.9. The maximum atomic E-state index is 14.9. The Morgan fingerprint density at radius 3 is 2.53 bits per heavy atom. The highest BCUT2D eigenvalue weighted by atomic mass is 35.5. The van der Waals surface area contributed by atoms with Crippen LogP contribution < -0.4 is 16.0 Å². The third-order valence-corrected chi connectivity index (χ3v) is 6.37. The Morgan fingerprint density at radius 1 is 1.22 bits per heavy atom. The molecule has 3 N–H and O–H groups in total. The molecule has 36 heavy (non-hydrogen) atoms. The van der Waals surface area contributed by atoms with Gasteiger partial charge in [-0.25, -0.2) is 9.38 Å². The van der Waals surface area contributed by atoms with Crippen molar-refractivity contribution in [2.75, 3.05) is 11.9 Å². The van der Waals surface area contributed by atoms with Crippen molar-refractivity contribution in [2.24, 2.45) is 28.5 Å². The van der Waals surface area contributed by atoms with Crippen LogP contribution in [0.4, 0.5) is 10.1 Å². The molecule has 0 aromatic heterocycles. The number of amides is 3. The van der Waals surface area contributed by atoms with E-state index >= 15 is 0 Å². The number of allylic oxidation sites excluding steroid dienone is 1. The van der Waals surface area contributed by atoms with Gasteiger partial charge >= 0.3 is 0 Å². The number of rotatable bonds is 9. The molecular formula is C27H30ClFN4O3. The van der Waals surface area contributed by atoms with Gasteiger partial charge in [-0.1, -0.05) is 43.7 Å². The highest BCUT2D eigenvalue weighted by Gasteiger charge is 2.37. The number of hydrogen-bond acceptors (Lipinski definition) is 4. The van der Waals surface area contributed by atoms with Crippen LogP contribution in [0.25, 0.3) is 0 Å². The minimum atomic E-state index is -1.37. The van der Waals surface area contributed by atoms with Crippen molar-refractivity contribution in [3.8, 4) is 0 Å². The van der Waals surface area contributed by atoms with Gasteiger partial charge in [-0.2, -0.15) is 0 Å². The van der Waals surface area contributed by atoms with E-state index in [1.165, 1.54) is 17.0 Å². The van der Waals surface area contributed by atoms with Crippen LogP contribution in [0.2, 0.25) is 5.02 Å². The SMILES string of the molecule is C=CC[C@H](C(N)=O)[C@@H](CC(C)C)C(=O)N[C@H]1N=C(c2ccccc2F)c2cc(Cl)ccc2N(C)C1=O. The second-order valence-corrected chi connectivity index (χ2v) is 9.63. The van der Waals surface area contributed by atoms with E-state index in [4.69, 9.17) is 17.3 Å². The van der Waals surface area contributed by atoms with Crippen molar-refractivity contribution in [3.05, 3.63) is 77.1 Å². The molecule has 1 heterocycles. The molecule has 3 amide bonds. The Labute approximate surface area is 215 Å². The molecule has 0 aliphatic carbocycles. The lowest BCUT2D eigenvalue weighted by atomic mass is 9.82. The van der Waals surface area contributed by atoms with Crippen LogP contribution >= 0.6 is 11.6 Å². The van der Waals surface area contributed by atoms with Crippen LogP contribution in [0, 0.1) is 23.6 Å². The lowest BCUT2D eigenvalue weighted by molar-refractivity contribution is -0.135. The molecule has 0 fully saturated rings. The second kappa shape index (κ2) is 11.5. The quantitative estimate of drug-likeness (QED) is 0.495. The lowest BCUT2D eigenvalue weighted by Gasteiger charge is -2.27. The summed E-state index contributed by atoms with van der Waals surface area (Å²) < 4.78 is 14.9. The number of fused-ring (bicyclic) bond motifs is 1. The number of nitrogens with one attached hydrogen (secondary N) is 1. The number of nitrogens with two attached hydrogens (primary N) is 1. The van der Waals surface area contributed by atoms with Crippen LogP contribution in [-0.2, 0) is 14.4 Å². The number of carbonyl (C=O) groups excluding carboxylic acids is 3.